The van der Waals surface area contributed by atoms with Crippen LogP contribution in [0.5, 0.6) is 11.5 Å². The fourth-order valence-electron chi connectivity index (χ4n) is 1.41. The second-order valence-corrected chi connectivity index (χ2v) is 4.03. The van der Waals surface area contributed by atoms with E-state index in [1.54, 1.807) is 0 Å². The Morgan fingerprint density at radius 2 is 1.81 bits per heavy atom. The molecule has 0 aliphatic heterocycles. The SMILES string of the molecule is O=C(O)C(O)C(OCC=Cc1ccc(O)c(O)c1)C(=O)O. The number of carboxylic acids is 2. The van der Waals surface area contributed by atoms with Crippen LogP contribution in [0.25, 0.3) is 6.08 Å². The number of aromatic hydroxyl groups is 2. The van der Waals surface area contributed by atoms with Crippen LogP contribution < -0.4 is 0 Å². The maximum Gasteiger partial charge on any atom is 0.336 e. The summed E-state index contributed by atoms with van der Waals surface area (Å²) in [5.41, 5.74) is 0.513. The van der Waals surface area contributed by atoms with Gasteiger partial charge < -0.3 is 30.3 Å². The molecule has 114 valence electrons. The monoisotopic (exact) mass is 298 g/mol. The second-order valence-electron chi connectivity index (χ2n) is 4.03. The molecule has 8 heteroatoms. The maximum absolute atomic E-state index is 10.8. The third-order valence-corrected chi connectivity index (χ3v) is 2.46. The summed E-state index contributed by atoms with van der Waals surface area (Å²) in [6.07, 6.45) is -1.23. The number of phenols is 2. The summed E-state index contributed by atoms with van der Waals surface area (Å²) >= 11 is 0. The van der Waals surface area contributed by atoms with Crippen LogP contribution in [0.3, 0.4) is 0 Å². The van der Waals surface area contributed by atoms with Crippen molar-refractivity contribution in [3.05, 3.63) is 29.8 Å². The van der Waals surface area contributed by atoms with Crippen molar-refractivity contribution in [1.82, 2.24) is 0 Å². The molecule has 0 aliphatic rings. The Morgan fingerprint density at radius 3 is 2.33 bits per heavy atom. The predicted molar refractivity (Wildman–Crippen MR) is 69.8 cm³/mol. The molecule has 0 fully saturated rings. The van der Waals surface area contributed by atoms with E-state index in [1.807, 2.05) is 0 Å². The highest BCUT2D eigenvalue weighted by Gasteiger charge is 2.32. The Kier molecular flexibility index (Phi) is 5.70. The van der Waals surface area contributed by atoms with E-state index in [2.05, 4.69) is 0 Å². The summed E-state index contributed by atoms with van der Waals surface area (Å²) in [5, 5.41) is 44.8. The molecule has 5 N–H and O–H groups in total. The van der Waals surface area contributed by atoms with E-state index < -0.39 is 24.1 Å². The largest absolute Gasteiger partial charge is 0.504 e. The van der Waals surface area contributed by atoms with Crippen molar-refractivity contribution in [3.63, 3.8) is 0 Å². The Hall–Kier alpha value is -2.58. The van der Waals surface area contributed by atoms with E-state index in [0.717, 1.165) is 0 Å². The number of carbonyl (C=O) groups is 2. The zero-order valence-electron chi connectivity index (χ0n) is 10.7. The van der Waals surface area contributed by atoms with Gasteiger partial charge in [0.25, 0.3) is 0 Å². The number of aliphatic hydroxyl groups is 1. The van der Waals surface area contributed by atoms with Crippen molar-refractivity contribution in [1.29, 1.82) is 0 Å². The van der Waals surface area contributed by atoms with Gasteiger partial charge in [-0.3, -0.25) is 0 Å². The van der Waals surface area contributed by atoms with Gasteiger partial charge in [-0.15, -0.1) is 0 Å². The first-order chi connectivity index (χ1) is 9.82. The van der Waals surface area contributed by atoms with Crippen molar-refractivity contribution in [2.24, 2.45) is 0 Å². The van der Waals surface area contributed by atoms with Crippen LogP contribution in [0, 0.1) is 0 Å². The van der Waals surface area contributed by atoms with E-state index in [0.29, 0.717) is 5.56 Å². The first-order valence-corrected chi connectivity index (χ1v) is 5.76. The van der Waals surface area contributed by atoms with Crippen molar-refractivity contribution in [3.8, 4) is 11.5 Å². The Labute approximate surface area is 119 Å². The van der Waals surface area contributed by atoms with Crippen molar-refractivity contribution < 1.29 is 39.9 Å². The summed E-state index contributed by atoms with van der Waals surface area (Å²) in [7, 11) is 0. The third kappa shape index (κ3) is 4.79. The van der Waals surface area contributed by atoms with Crippen LogP contribution in [0.4, 0.5) is 0 Å². The van der Waals surface area contributed by atoms with Crippen LogP contribution in [0.2, 0.25) is 0 Å². The molecule has 1 aromatic carbocycles. The fourth-order valence-corrected chi connectivity index (χ4v) is 1.41. The zero-order valence-corrected chi connectivity index (χ0v) is 10.7. The Balaban J connectivity index is 2.61. The molecular weight excluding hydrogens is 284 g/mol. The van der Waals surface area contributed by atoms with E-state index >= 15 is 0 Å². The van der Waals surface area contributed by atoms with Crippen LogP contribution in [-0.2, 0) is 14.3 Å². The highest BCUT2D eigenvalue weighted by Crippen LogP contribution is 2.25. The van der Waals surface area contributed by atoms with Gasteiger partial charge >= 0.3 is 11.9 Å². The van der Waals surface area contributed by atoms with Crippen molar-refractivity contribution >= 4 is 18.0 Å². The van der Waals surface area contributed by atoms with E-state index in [-0.39, 0.29) is 18.1 Å². The molecule has 0 bridgehead atoms. The lowest BCUT2D eigenvalue weighted by Crippen LogP contribution is -2.41. The average molecular weight is 298 g/mol. The van der Waals surface area contributed by atoms with Crippen molar-refractivity contribution in [2.75, 3.05) is 6.61 Å². The predicted octanol–water partition coefficient (Wildman–Crippen LogP) is 0.0263. The normalized spacial score (nSPS) is 14.0. The molecule has 0 amide bonds. The molecule has 0 saturated heterocycles. The average Bonchev–Trinajstić information content (AvgIpc) is 2.41. The molecule has 0 spiro atoms. The molecule has 0 aliphatic carbocycles. The first kappa shape index (κ1) is 16.5. The number of hydrogen-bond acceptors (Lipinski definition) is 6. The van der Waals surface area contributed by atoms with E-state index in [4.69, 9.17) is 25.2 Å². The highest BCUT2D eigenvalue weighted by atomic mass is 16.5. The molecular formula is C13H14O8. The van der Waals surface area contributed by atoms with Gasteiger partial charge in [0.2, 0.25) is 0 Å². The van der Waals surface area contributed by atoms with Gasteiger partial charge in [0.1, 0.15) is 0 Å². The van der Waals surface area contributed by atoms with Gasteiger partial charge in [0.15, 0.2) is 23.7 Å². The molecule has 1 aromatic rings. The molecule has 0 saturated carbocycles. The van der Waals surface area contributed by atoms with E-state index in [1.165, 1.54) is 30.4 Å². The van der Waals surface area contributed by atoms with Gasteiger partial charge in [-0.1, -0.05) is 18.2 Å². The lowest BCUT2D eigenvalue weighted by Gasteiger charge is -2.15. The van der Waals surface area contributed by atoms with Crippen LogP contribution >= 0.6 is 0 Å². The number of rotatable bonds is 7. The van der Waals surface area contributed by atoms with Crippen molar-refractivity contribution in [2.45, 2.75) is 12.2 Å². The molecule has 2 unspecified atom stereocenters. The first-order valence-electron chi connectivity index (χ1n) is 5.76. The number of aliphatic carboxylic acids is 2. The van der Waals surface area contributed by atoms with Crippen LogP contribution in [0.1, 0.15) is 5.56 Å². The summed E-state index contributed by atoms with van der Waals surface area (Å²) in [5.74, 6) is -3.89. The number of carboxylic acid groups (broad SMARTS) is 2. The van der Waals surface area contributed by atoms with Gasteiger partial charge in [0, 0.05) is 0 Å². The molecule has 21 heavy (non-hydrogen) atoms. The van der Waals surface area contributed by atoms with Gasteiger partial charge in [0.05, 0.1) is 6.61 Å². The minimum absolute atomic E-state index is 0.261. The molecule has 0 aromatic heterocycles. The van der Waals surface area contributed by atoms with Crippen LogP contribution in [-0.4, -0.2) is 56.3 Å². The summed E-state index contributed by atoms with van der Waals surface area (Å²) < 4.78 is 4.77. The minimum Gasteiger partial charge on any atom is -0.504 e. The number of hydrogen-bond donors (Lipinski definition) is 5. The second kappa shape index (κ2) is 7.27. The number of phenolic OH excluding ortho intramolecular Hbond substituents is 2. The number of benzene rings is 1. The molecule has 0 radical (unpaired) electrons. The summed E-state index contributed by atoms with van der Waals surface area (Å²) in [6.45, 7) is -0.261. The Morgan fingerprint density at radius 1 is 1.14 bits per heavy atom. The third-order valence-electron chi connectivity index (χ3n) is 2.46. The quantitative estimate of drug-likeness (QED) is 0.443. The van der Waals surface area contributed by atoms with Crippen LogP contribution in [0.15, 0.2) is 24.3 Å². The smallest absolute Gasteiger partial charge is 0.336 e. The number of aliphatic hydroxyl groups excluding tert-OH is 1. The highest BCUT2D eigenvalue weighted by molar-refractivity contribution is 5.83. The standard InChI is InChI=1S/C13H14O8/c14-8-4-3-7(6-9(8)15)2-1-5-21-11(13(19)20)10(16)12(17)18/h1-4,6,10-11,14-16H,5H2,(H,17,18)(H,19,20). The molecule has 8 nitrogen and oxygen atoms in total. The zero-order chi connectivity index (χ0) is 16.0. The minimum atomic E-state index is -2.17. The number of ether oxygens (including phenoxy) is 1. The maximum atomic E-state index is 10.8. The van der Waals surface area contributed by atoms with Gasteiger partial charge in [-0.25, -0.2) is 9.59 Å². The lowest BCUT2D eigenvalue weighted by molar-refractivity contribution is -0.169. The van der Waals surface area contributed by atoms with Gasteiger partial charge in [-0.05, 0) is 17.7 Å². The lowest BCUT2D eigenvalue weighted by atomic mass is 10.2. The Bertz CT molecular complexity index is 551. The summed E-state index contributed by atoms with van der Waals surface area (Å²) in [6, 6.07) is 4.03. The topological polar surface area (TPSA) is 145 Å². The fraction of sp³-hybridized carbons (Fsp3) is 0.231. The molecule has 2 atom stereocenters. The van der Waals surface area contributed by atoms with Gasteiger partial charge in [-0.2, -0.15) is 0 Å². The summed E-state index contributed by atoms with van der Waals surface area (Å²) in [4.78, 5) is 21.3. The molecule has 0 heterocycles. The molecule has 1 rings (SSSR count). The van der Waals surface area contributed by atoms with E-state index in [9.17, 15) is 14.7 Å².